The van der Waals surface area contributed by atoms with Crippen LogP contribution in [0.25, 0.3) is 6.08 Å². The fourth-order valence-corrected chi connectivity index (χ4v) is 5.27. The second-order valence-corrected chi connectivity index (χ2v) is 9.00. The largest absolute Gasteiger partial charge is 0.300 e. The first-order chi connectivity index (χ1) is 13.4. The summed E-state index contributed by atoms with van der Waals surface area (Å²) in [5, 5.41) is 0. The zero-order valence-corrected chi connectivity index (χ0v) is 17.0. The van der Waals surface area contributed by atoms with Crippen molar-refractivity contribution in [2.24, 2.45) is 11.8 Å². The second-order valence-electron chi connectivity index (χ2n) is 8.03. The van der Waals surface area contributed by atoms with E-state index in [-0.39, 0.29) is 0 Å². The van der Waals surface area contributed by atoms with Gasteiger partial charge in [-0.25, -0.2) is 0 Å². The first-order valence-corrected chi connectivity index (χ1v) is 11.3. The van der Waals surface area contributed by atoms with Crippen molar-refractivity contribution >= 4 is 17.4 Å². The zero-order chi connectivity index (χ0) is 18.3. The van der Waals surface area contributed by atoms with E-state index in [0.29, 0.717) is 0 Å². The van der Waals surface area contributed by atoms with Crippen molar-refractivity contribution in [3.05, 3.63) is 58.6 Å². The number of aromatic nitrogens is 1. The minimum Gasteiger partial charge on any atom is -0.300 e. The van der Waals surface area contributed by atoms with E-state index in [4.69, 9.17) is 0 Å². The fraction of sp³-hybridized carbons (Fsp3) is 0.522. The number of rotatable bonds is 6. The third kappa shape index (κ3) is 5.50. The smallest absolute Gasteiger partial charge is 0.0794 e. The minimum atomic E-state index is 0.949. The molecule has 2 saturated heterocycles. The number of benzene rings is 1. The Hall–Kier alpha value is -1.49. The Kier molecular flexibility index (Phi) is 6.72. The molecule has 1 aromatic carbocycles. The second kappa shape index (κ2) is 9.63. The van der Waals surface area contributed by atoms with Crippen LogP contribution in [0, 0.1) is 11.8 Å². The summed E-state index contributed by atoms with van der Waals surface area (Å²) in [6.07, 6.45) is 12.2. The Morgan fingerprint density at radius 1 is 0.926 bits per heavy atom. The van der Waals surface area contributed by atoms with Gasteiger partial charge in [-0.2, -0.15) is 0 Å². The highest BCUT2D eigenvalue weighted by molar-refractivity contribution is 7.09. The van der Waals surface area contributed by atoms with Crippen molar-refractivity contribution in [1.29, 1.82) is 0 Å². The molecule has 144 valence electrons. The van der Waals surface area contributed by atoms with Gasteiger partial charge in [0, 0.05) is 24.2 Å². The number of thiazole rings is 1. The molecule has 0 amide bonds. The third-order valence-corrected chi connectivity index (χ3v) is 7.03. The molecule has 3 heterocycles. The van der Waals surface area contributed by atoms with Crippen LogP contribution in [0.1, 0.15) is 36.1 Å². The summed E-state index contributed by atoms with van der Waals surface area (Å²) in [4.78, 5) is 10.9. The lowest BCUT2D eigenvalue weighted by Crippen LogP contribution is -2.40. The maximum Gasteiger partial charge on any atom is 0.0794 e. The van der Waals surface area contributed by atoms with Crippen LogP contribution in [0.4, 0.5) is 0 Å². The highest BCUT2D eigenvalue weighted by Crippen LogP contribution is 2.33. The van der Waals surface area contributed by atoms with Crippen LogP contribution >= 0.6 is 11.3 Å². The molecule has 4 rings (SSSR count). The normalized spacial score (nSPS) is 21.2. The summed E-state index contributed by atoms with van der Waals surface area (Å²) in [6, 6.07) is 10.6. The lowest BCUT2D eigenvalue weighted by molar-refractivity contribution is 0.0982. The number of nitrogens with zero attached hydrogens (tertiary/aromatic N) is 3. The summed E-state index contributed by atoms with van der Waals surface area (Å²) in [7, 11) is 0. The van der Waals surface area contributed by atoms with Gasteiger partial charge in [0.2, 0.25) is 0 Å². The maximum absolute atomic E-state index is 4.20. The topological polar surface area (TPSA) is 19.4 Å². The van der Waals surface area contributed by atoms with Gasteiger partial charge >= 0.3 is 0 Å². The van der Waals surface area contributed by atoms with E-state index in [1.807, 2.05) is 11.7 Å². The van der Waals surface area contributed by atoms with Crippen molar-refractivity contribution in [1.82, 2.24) is 14.8 Å². The first kappa shape index (κ1) is 18.9. The van der Waals surface area contributed by atoms with E-state index in [0.717, 1.165) is 24.9 Å². The molecular formula is C23H31N3S. The van der Waals surface area contributed by atoms with Crippen LogP contribution in [-0.4, -0.2) is 47.5 Å². The van der Waals surface area contributed by atoms with Gasteiger partial charge in [0.25, 0.3) is 0 Å². The molecule has 0 spiro atoms. The highest BCUT2D eigenvalue weighted by atomic mass is 32.1. The highest BCUT2D eigenvalue weighted by Gasteiger charge is 2.29. The van der Waals surface area contributed by atoms with Crippen LogP contribution in [0.2, 0.25) is 0 Å². The van der Waals surface area contributed by atoms with E-state index in [1.165, 1.54) is 62.3 Å². The summed E-state index contributed by atoms with van der Waals surface area (Å²) in [6.45, 7) is 7.26. The molecule has 0 radical (unpaired) electrons. The Balaban J connectivity index is 1.16. The third-order valence-electron chi connectivity index (χ3n) is 6.27. The predicted octanol–water partition coefficient (Wildman–Crippen LogP) is 4.78. The lowest BCUT2D eigenvalue weighted by atomic mass is 9.79. The Morgan fingerprint density at radius 2 is 1.59 bits per heavy atom. The molecule has 0 unspecified atom stereocenters. The van der Waals surface area contributed by atoms with Crippen LogP contribution in [0.5, 0.6) is 0 Å². The standard InChI is InChI=1S/C23H31N3S/c1-2-5-20(6-3-1)7-4-12-25-13-8-21(9-14-25)22-10-15-26(16-11-22)18-23-17-24-19-27-23/h1-7,17,19,21-22H,8-16,18H2/b7-4+. The van der Waals surface area contributed by atoms with Crippen LogP contribution in [0.15, 0.2) is 48.1 Å². The van der Waals surface area contributed by atoms with E-state index in [9.17, 15) is 0 Å². The van der Waals surface area contributed by atoms with Crippen molar-refractivity contribution in [2.45, 2.75) is 32.2 Å². The molecular weight excluding hydrogens is 350 g/mol. The van der Waals surface area contributed by atoms with Gasteiger partial charge in [-0.3, -0.25) is 14.8 Å². The van der Waals surface area contributed by atoms with Crippen molar-refractivity contribution in [2.75, 3.05) is 32.7 Å². The van der Waals surface area contributed by atoms with Gasteiger partial charge in [0.15, 0.2) is 0 Å². The van der Waals surface area contributed by atoms with Crippen molar-refractivity contribution < 1.29 is 0 Å². The molecule has 27 heavy (non-hydrogen) atoms. The molecule has 0 saturated carbocycles. The van der Waals surface area contributed by atoms with E-state index < -0.39 is 0 Å². The van der Waals surface area contributed by atoms with Crippen molar-refractivity contribution in [3.8, 4) is 0 Å². The van der Waals surface area contributed by atoms with Crippen LogP contribution in [0.3, 0.4) is 0 Å². The van der Waals surface area contributed by atoms with Gasteiger partial charge in [-0.05, 0) is 69.3 Å². The number of hydrogen-bond donors (Lipinski definition) is 0. The quantitative estimate of drug-likeness (QED) is 0.718. The summed E-state index contributed by atoms with van der Waals surface area (Å²) < 4.78 is 0. The van der Waals surface area contributed by atoms with E-state index in [1.54, 1.807) is 11.3 Å². The monoisotopic (exact) mass is 381 g/mol. The van der Waals surface area contributed by atoms with Gasteiger partial charge in [-0.1, -0.05) is 42.5 Å². The van der Waals surface area contributed by atoms with E-state index in [2.05, 4.69) is 57.3 Å². The summed E-state index contributed by atoms with van der Waals surface area (Å²) in [5.41, 5.74) is 3.25. The molecule has 4 heteroatoms. The average molecular weight is 382 g/mol. The van der Waals surface area contributed by atoms with Crippen LogP contribution in [-0.2, 0) is 6.54 Å². The van der Waals surface area contributed by atoms with E-state index >= 15 is 0 Å². The molecule has 2 aromatic rings. The lowest BCUT2D eigenvalue weighted by Gasteiger charge is -2.40. The molecule has 0 atom stereocenters. The zero-order valence-electron chi connectivity index (χ0n) is 16.2. The Labute approximate surface area is 167 Å². The van der Waals surface area contributed by atoms with Gasteiger partial charge < -0.3 is 0 Å². The van der Waals surface area contributed by atoms with Gasteiger partial charge in [-0.15, -0.1) is 11.3 Å². The molecule has 0 aliphatic carbocycles. The average Bonchev–Trinajstić information content (AvgIpc) is 3.23. The van der Waals surface area contributed by atoms with Gasteiger partial charge in [0.05, 0.1) is 5.51 Å². The summed E-state index contributed by atoms with van der Waals surface area (Å²) >= 11 is 1.79. The molecule has 2 aliphatic rings. The minimum absolute atomic E-state index is 0.949. The number of likely N-dealkylation sites (tertiary alicyclic amines) is 2. The summed E-state index contributed by atoms with van der Waals surface area (Å²) in [5.74, 6) is 1.90. The molecule has 0 N–H and O–H groups in total. The van der Waals surface area contributed by atoms with Crippen molar-refractivity contribution in [3.63, 3.8) is 0 Å². The molecule has 0 bridgehead atoms. The van der Waals surface area contributed by atoms with Gasteiger partial charge in [0.1, 0.15) is 0 Å². The maximum atomic E-state index is 4.20. The number of hydrogen-bond acceptors (Lipinski definition) is 4. The number of piperidine rings is 2. The molecule has 3 nitrogen and oxygen atoms in total. The SMILES string of the molecule is C(=C\c1ccccc1)/CN1CCC(C2CCN(Cc3cncs3)CC2)CC1. The molecule has 2 aliphatic heterocycles. The molecule has 2 fully saturated rings. The predicted molar refractivity (Wildman–Crippen MR) is 115 cm³/mol. The van der Waals surface area contributed by atoms with Crippen LogP contribution < -0.4 is 0 Å². The molecule has 1 aromatic heterocycles. The Morgan fingerprint density at radius 3 is 2.22 bits per heavy atom. The fourth-order valence-electron chi connectivity index (χ4n) is 4.63. The first-order valence-electron chi connectivity index (χ1n) is 10.4. The Bertz CT molecular complexity index is 682.